The van der Waals surface area contributed by atoms with Gasteiger partial charge in [0.05, 0.1) is 5.52 Å². The molecule has 0 radical (unpaired) electrons. The quantitative estimate of drug-likeness (QED) is 0.467. The molecule has 1 unspecified atom stereocenters. The van der Waals surface area contributed by atoms with Crippen LogP contribution in [0.3, 0.4) is 0 Å². The van der Waals surface area contributed by atoms with Gasteiger partial charge >= 0.3 is 0 Å². The molecule has 2 N–H and O–H groups in total. The maximum absolute atomic E-state index is 12.8. The second-order valence-electron chi connectivity index (χ2n) is 7.46. The summed E-state index contributed by atoms with van der Waals surface area (Å²) in [6, 6.07) is 21.6. The number of rotatable bonds is 5. The van der Waals surface area contributed by atoms with Crippen LogP contribution in [0.4, 0.5) is 11.5 Å². The van der Waals surface area contributed by atoms with Crippen LogP contribution in [0.1, 0.15) is 16.8 Å². The Labute approximate surface area is 188 Å². The highest BCUT2D eigenvalue weighted by Crippen LogP contribution is 2.29. The van der Waals surface area contributed by atoms with Crippen molar-refractivity contribution in [3.05, 3.63) is 83.4 Å². The Kier molecular flexibility index (Phi) is 5.25. The van der Waals surface area contributed by atoms with Gasteiger partial charge < -0.3 is 15.0 Å². The van der Waals surface area contributed by atoms with Gasteiger partial charge in [-0.25, -0.2) is 0 Å². The van der Waals surface area contributed by atoms with E-state index in [4.69, 9.17) is 16.3 Å². The Morgan fingerprint density at radius 3 is 2.75 bits per heavy atom. The first-order valence-electron chi connectivity index (χ1n) is 10.2. The van der Waals surface area contributed by atoms with Crippen molar-refractivity contribution < 1.29 is 14.3 Å². The number of anilines is 2. The summed E-state index contributed by atoms with van der Waals surface area (Å²) in [5, 5.41) is 11.1. The Morgan fingerprint density at radius 2 is 1.94 bits per heavy atom. The number of ether oxygens (including phenoxy) is 1. The molecule has 1 aromatic heterocycles. The van der Waals surface area contributed by atoms with E-state index in [0.717, 1.165) is 11.2 Å². The lowest BCUT2D eigenvalue weighted by atomic mass is 10.2. The molecular formula is C24H19ClN4O3. The lowest BCUT2D eigenvalue weighted by molar-refractivity contribution is -0.122. The molecular weight excluding hydrogens is 428 g/mol. The number of carbonyl (C=O) groups is 2. The smallest absolute Gasteiger partial charge is 0.268 e. The van der Waals surface area contributed by atoms with E-state index < -0.39 is 6.10 Å². The van der Waals surface area contributed by atoms with Crippen LogP contribution < -0.4 is 15.0 Å². The zero-order valence-electron chi connectivity index (χ0n) is 16.9. The van der Waals surface area contributed by atoms with Gasteiger partial charge in [-0.05, 0) is 48.5 Å². The molecule has 5 rings (SSSR count). The average molecular weight is 447 g/mol. The summed E-state index contributed by atoms with van der Waals surface area (Å²) in [5.74, 6) is 0.513. The van der Waals surface area contributed by atoms with E-state index in [2.05, 4.69) is 15.5 Å². The molecule has 2 heterocycles. The number of nitrogens with zero attached hydrogens (tertiary/aromatic N) is 2. The van der Waals surface area contributed by atoms with Gasteiger partial charge in [-0.3, -0.25) is 14.7 Å². The molecule has 32 heavy (non-hydrogen) atoms. The summed E-state index contributed by atoms with van der Waals surface area (Å²) in [6.07, 6.45) is 0.0271. The minimum absolute atomic E-state index is 0.0713. The number of nitrogens with one attached hydrogen (secondary N) is 2. The fraction of sp³-hybridized carbons (Fsp3) is 0.125. The molecule has 0 aliphatic carbocycles. The van der Waals surface area contributed by atoms with Crippen LogP contribution in [-0.4, -0.2) is 34.7 Å². The molecule has 7 nitrogen and oxygen atoms in total. The van der Waals surface area contributed by atoms with Gasteiger partial charge in [0, 0.05) is 34.6 Å². The van der Waals surface area contributed by atoms with E-state index in [9.17, 15) is 9.59 Å². The van der Waals surface area contributed by atoms with E-state index in [0.29, 0.717) is 40.5 Å². The van der Waals surface area contributed by atoms with Crippen LogP contribution >= 0.6 is 11.6 Å². The monoisotopic (exact) mass is 446 g/mol. The number of halogens is 1. The third-order valence-corrected chi connectivity index (χ3v) is 5.59. The molecule has 1 aliphatic rings. The molecule has 1 saturated heterocycles. The number of H-pyrrole nitrogens is 1. The van der Waals surface area contributed by atoms with Gasteiger partial charge in [0.25, 0.3) is 11.8 Å². The first kappa shape index (κ1) is 20.1. The molecule has 160 valence electrons. The second kappa shape index (κ2) is 8.36. The van der Waals surface area contributed by atoms with Crippen LogP contribution in [-0.2, 0) is 4.79 Å². The summed E-state index contributed by atoms with van der Waals surface area (Å²) >= 11 is 5.98. The van der Waals surface area contributed by atoms with Gasteiger partial charge in [0.15, 0.2) is 11.9 Å². The molecule has 1 aliphatic heterocycles. The number of amides is 2. The van der Waals surface area contributed by atoms with Crippen molar-refractivity contribution in [2.75, 3.05) is 16.8 Å². The summed E-state index contributed by atoms with van der Waals surface area (Å²) in [5.41, 5.74) is 2.03. The molecule has 3 aromatic carbocycles. The maximum Gasteiger partial charge on any atom is 0.268 e. The maximum atomic E-state index is 12.8. The van der Waals surface area contributed by atoms with E-state index in [1.807, 2.05) is 30.3 Å². The van der Waals surface area contributed by atoms with Crippen LogP contribution in [0.15, 0.2) is 72.8 Å². The average Bonchev–Trinajstić information content (AvgIpc) is 3.37. The highest BCUT2D eigenvalue weighted by molar-refractivity contribution is 6.31. The highest BCUT2D eigenvalue weighted by atomic mass is 35.5. The molecule has 1 fully saturated rings. The number of benzene rings is 3. The van der Waals surface area contributed by atoms with Crippen LogP contribution in [0, 0.1) is 0 Å². The summed E-state index contributed by atoms with van der Waals surface area (Å²) in [7, 11) is 0. The first-order chi connectivity index (χ1) is 15.6. The van der Waals surface area contributed by atoms with Crippen molar-refractivity contribution in [2.45, 2.75) is 12.5 Å². The normalized spacial score (nSPS) is 15.8. The van der Waals surface area contributed by atoms with Gasteiger partial charge in [0.1, 0.15) is 5.75 Å². The third kappa shape index (κ3) is 3.90. The predicted octanol–water partition coefficient (Wildman–Crippen LogP) is 4.65. The first-order valence-corrected chi connectivity index (χ1v) is 10.5. The highest BCUT2D eigenvalue weighted by Gasteiger charge is 2.34. The molecule has 2 amide bonds. The largest absolute Gasteiger partial charge is 0.480 e. The predicted molar refractivity (Wildman–Crippen MR) is 123 cm³/mol. The SMILES string of the molecule is O=C(Nc1n[nH]c2ccc(OC3CCN(c4ccccc4)C3=O)cc12)c1cccc(Cl)c1. The number of aromatic nitrogens is 2. The Bertz CT molecular complexity index is 1310. The van der Waals surface area contributed by atoms with Gasteiger partial charge in [-0.2, -0.15) is 5.10 Å². The molecule has 8 heteroatoms. The Balaban J connectivity index is 1.34. The lowest BCUT2D eigenvalue weighted by Crippen LogP contribution is -2.32. The second-order valence-corrected chi connectivity index (χ2v) is 7.90. The molecule has 0 bridgehead atoms. The van der Waals surface area contributed by atoms with Gasteiger partial charge in [-0.15, -0.1) is 0 Å². The fourth-order valence-electron chi connectivity index (χ4n) is 3.76. The van der Waals surface area contributed by atoms with E-state index in [1.54, 1.807) is 47.4 Å². The van der Waals surface area contributed by atoms with Crippen LogP contribution in [0.2, 0.25) is 5.02 Å². The Morgan fingerprint density at radius 1 is 1.09 bits per heavy atom. The third-order valence-electron chi connectivity index (χ3n) is 5.36. The minimum atomic E-state index is -0.566. The number of carbonyl (C=O) groups excluding carboxylic acids is 2. The van der Waals surface area contributed by atoms with Gasteiger partial charge in [-0.1, -0.05) is 35.9 Å². The molecule has 1 atom stereocenters. The van der Waals surface area contributed by atoms with Crippen molar-refractivity contribution in [3.63, 3.8) is 0 Å². The van der Waals surface area contributed by atoms with Crippen LogP contribution in [0.25, 0.3) is 10.9 Å². The van der Waals surface area contributed by atoms with E-state index in [-0.39, 0.29) is 11.8 Å². The number of para-hydroxylation sites is 1. The van der Waals surface area contributed by atoms with Crippen molar-refractivity contribution in [1.82, 2.24) is 10.2 Å². The van der Waals surface area contributed by atoms with Gasteiger partial charge in [0.2, 0.25) is 0 Å². The molecule has 0 saturated carbocycles. The zero-order valence-corrected chi connectivity index (χ0v) is 17.7. The zero-order chi connectivity index (χ0) is 22.1. The van der Waals surface area contributed by atoms with Crippen molar-refractivity contribution in [2.24, 2.45) is 0 Å². The number of fused-ring (bicyclic) bond motifs is 1. The fourth-order valence-corrected chi connectivity index (χ4v) is 3.95. The summed E-state index contributed by atoms with van der Waals surface area (Å²) in [6.45, 7) is 0.600. The van der Waals surface area contributed by atoms with E-state index >= 15 is 0 Å². The van der Waals surface area contributed by atoms with Crippen molar-refractivity contribution in [3.8, 4) is 5.75 Å². The molecule has 4 aromatic rings. The number of hydrogen-bond donors (Lipinski definition) is 2. The standard InChI is InChI=1S/C24H19ClN4O3/c25-16-6-4-5-15(13-16)23(30)26-22-19-14-18(9-10-20(19)27-28-22)32-21-11-12-29(24(21)31)17-7-2-1-3-8-17/h1-10,13-14,21H,11-12H2,(H2,26,27,28,30). The topological polar surface area (TPSA) is 87.3 Å². The van der Waals surface area contributed by atoms with Crippen molar-refractivity contribution in [1.29, 1.82) is 0 Å². The number of aromatic amines is 1. The Hall–Kier alpha value is -3.84. The number of hydrogen-bond acceptors (Lipinski definition) is 4. The summed E-state index contributed by atoms with van der Waals surface area (Å²) < 4.78 is 6.01. The minimum Gasteiger partial charge on any atom is -0.480 e. The molecule has 0 spiro atoms. The van der Waals surface area contributed by atoms with Crippen molar-refractivity contribution >= 4 is 45.8 Å². The summed E-state index contributed by atoms with van der Waals surface area (Å²) in [4.78, 5) is 27.1. The lowest BCUT2D eigenvalue weighted by Gasteiger charge is -2.17. The van der Waals surface area contributed by atoms with Crippen LogP contribution in [0.5, 0.6) is 5.75 Å². The van der Waals surface area contributed by atoms with E-state index in [1.165, 1.54) is 0 Å².